The van der Waals surface area contributed by atoms with E-state index in [0.29, 0.717) is 16.9 Å². The molecular weight excluding hydrogens is 222 g/mol. The first kappa shape index (κ1) is 12.2. The van der Waals surface area contributed by atoms with Crippen molar-refractivity contribution >= 4 is 0 Å². The zero-order valence-electron chi connectivity index (χ0n) is 12.0. The summed E-state index contributed by atoms with van der Waals surface area (Å²) in [6, 6.07) is 0.638. The molecule has 2 aliphatic rings. The van der Waals surface area contributed by atoms with E-state index in [9.17, 15) is 0 Å². The number of nitrogens with zero attached hydrogens (tertiary/aromatic N) is 2. The number of imidazole rings is 1. The van der Waals surface area contributed by atoms with Gasteiger partial charge in [0.25, 0.3) is 0 Å². The van der Waals surface area contributed by atoms with Crippen LogP contribution in [0.4, 0.5) is 0 Å². The molecule has 3 heteroatoms. The Labute approximate surface area is 110 Å². The van der Waals surface area contributed by atoms with Gasteiger partial charge in [-0.15, -0.1) is 0 Å². The lowest BCUT2D eigenvalue weighted by Gasteiger charge is -2.43. The predicted molar refractivity (Wildman–Crippen MR) is 73.1 cm³/mol. The average molecular weight is 247 g/mol. The zero-order chi connectivity index (χ0) is 13.0. The fourth-order valence-corrected chi connectivity index (χ4v) is 4.57. The molecule has 3 rings (SSSR count). The highest BCUT2D eigenvalue weighted by molar-refractivity contribution is 5.12. The quantitative estimate of drug-likeness (QED) is 0.890. The largest absolute Gasteiger partial charge is 0.337 e. The summed E-state index contributed by atoms with van der Waals surface area (Å²) in [5.41, 5.74) is 2.22. The summed E-state index contributed by atoms with van der Waals surface area (Å²) in [5, 5.41) is 3.83. The molecule has 0 saturated heterocycles. The lowest BCUT2D eigenvalue weighted by molar-refractivity contribution is 0.107. The minimum absolute atomic E-state index is 0.436. The van der Waals surface area contributed by atoms with Gasteiger partial charge in [0.15, 0.2) is 0 Å². The summed E-state index contributed by atoms with van der Waals surface area (Å²) < 4.78 is 2.11. The second-order valence-corrected chi connectivity index (χ2v) is 7.22. The van der Waals surface area contributed by atoms with Crippen molar-refractivity contribution in [3.8, 4) is 0 Å². The predicted octanol–water partition coefficient (Wildman–Crippen LogP) is 2.72. The molecule has 1 heterocycles. The molecule has 0 aliphatic heterocycles. The molecule has 18 heavy (non-hydrogen) atoms. The summed E-state index contributed by atoms with van der Waals surface area (Å²) in [6.45, 7) is 8.31. The number of fused-ring (bicyclic) bond motifs is 2. The molecule has 1 aromatic rings. The summed E-state index contributed by atoms with van der Waals surface area (Å²) in [5.74, 6) is 0.909. The third-order valence-corrected chi connectivity index (χ3v) is 5.67. The fourth-order valence-electron chi connectivity index (χ4n) is 4.57. The van der Waals surface area contributed by atoms with Gasteiger partial charge < -0.3 is 9.88 Å². The van der Waals surface area contributed by atoms with Crippen LogP contribution in [0, 0.1) is 16.7 Å². The van der Waals surface area contributed by atoms with Gasteiger partial charge in [-0.3, -0.25) is 0 Å². The third kappa shape index (κ3) is 1.63. The van der Waals surface area contributed by atoms with Crippen LogP contribution in [0.15, 0.2) is 12.5 Å². The van der Waals surface area contributed by atoms with E-state index in [4.69, 9.17) is 0 Å². The Morgan fingerprint density at radius 3 is 2.78 bits per heavy atom. The van der Waals surface area contributed by atoms with Gasteiger partial charge in [-0.25, -0.2) is 4.98 Å². The molecule has 2 bridgehead atoms. The van der Waals surface area contributed by atoms with Gasteiger partial charge >= 0.3 is 0 Å². The number of aromatic nitrogens is 2. The summed E-state index contributed by atoms with van der Waals surface area (Å²) >= 11 is 0. The van der Waals surface area contributed by atoms with Crippen LogP contribution in [0.25, 0.3) is 0 Å². The number of aryl methyl sites for hydroxylation is 1. The van der Waals surface area contributed by atoms with Gasteiger partial charge in [0.2, 0.25) is 0 Å². The van der Waals surface area contributed by atoms with Crippen molar-refractivity contribution in [1.29, 1.82) is 0 Å². The minimum Gasteiger partial charge on any atom is -0.337 e. The van der Waals surface area contributed by atoms with Gasteiger partial charge in [-0.1, -0.05) is 20.8 Å². The second-order valence-electron chi connectivity index (χ2n) is 7.22. The van der Waals surface area contributed by atoms with Crippen LogP contribution in [-0.2, 0) is 13.6 Å². The first-order valence-electron chi connectivity index (χ1n) is 7.12. The van der Waals surface area contributed by atoms with Crippen molar-refractivity contribution in [3.63, 3.8) is 0 Å². The van der Waals surface area contributed by atoms with E-state index in [1.165, 1.54) is 25.0 Å². The Hall–Kier alpha value is -0.830. The van der Waals surface area contributed by atoms with Crippen molar-refractivity contribution in [3.05, 3.63) is 18.2 Å². The molecule has 0 radical (unpaired) electrons. The Morgan fingerprint density at radius 1 is 1.44 bits per heavy atom. The molecule has 1 N–H and O–H groups in total. The lowest BCUT2D eigenvalue weighted by Crippen LogP contribution is -2.50. The molecule has 2 fully saturated rings. The van der Waals surface area contributed by atoms with Crippen LogP contribution in [0.2, 0.25) is 0 Å². The molecule has 3 nitrogen and oxygen atoms in total. The maximum Gasteiger partial charge on any atom is 0.0945 e. The van der Waals surface area contributed by atoms with Gasteiger partial charge in [-0.05, 0) is 36.0 Å². The Kier molecular flexibility index (Phi) is 2.60. The van der Waals surface area contributed by atoms with Crippen molar-refractivity contribution in [2.75, 3.05) is 0 Å². The van der Waals surface area contributed by atoms with Crippen molar-refractivity contribution in [1.82, 2.24) is 14.9 Å². The minimum atomic E-state index is 0.436. The van der Waals surface area contributed by atoms with Crippen LogP contribution >= 0.6 is 0 Å². The molecule has 3 unspecified atom stereocenters. The van der Waals surface area contributed by atoms with E-state index in [1.807, 2.05) is 12.5 Å². The maximum absolute atomic E-state index is 4.19. The monoisotopic (exact) mass is 247 g/mol. The number of rotatable bonds is 3. The van der Waals surface area contributed by atoms with Gasteiger partial charge in [0.1, 0.15) is 0 Å². The van der Waals surface area contributed by atoms with Gasteiger partial charge in [0.05, 0.1) is 12.0 Å². The van der Waals surface area contributed by atoms with Crippen LogP contribution < -0.4 is 5.32 Å². The fraction of sp³-hybridized carbons (Fsp3) is 0.800. The highest BCUT2D eigenvalue weighted by atomic mass is 15.1. The Balaban J connectivity index is 1.74. The smallest absolute Gasteiger partial charge is 0.0945 e. The van der Waals surface area contributed by atoms with E-state index in [1.54, 1.807) is 0 Å². The third-order valence-electron chi connectivity index (χ3n) is 5.67. The normalized spacial score (nSPS) is 37.3. The first-order chi connectivity index (χ1) is 8.43. The Bertz CT molecular complexity index is 444. The summed E-state index contributed by atoms with van der Waals surface area (Å²) in [6.07, 6.45) is 8.07. The van der Waals surface area contributed by atoms with E-state index in [2.05, 4.69) is 42.7 Å². The van der Waals surface area contributed by atoms with E-state index in [0.717, 1.165) is 12.5 Å². The van der Waals surface area contributed by atoms with Crippen LogP contribution in [0.3, 0.4) is 0 Å². The summed E-state index contributed by atoms with van der Waals surface area (Å²) in [7, 11) is 2.07. The number of nitrogens with one attached hydrogen (secondary N) is 1. The molecule has 0 spiro atoms. The van der Waals surface area contributed by atoms with E-state index >= 15 is 0 Å². The average Bonchev–Trinajstić information content (AvgIpc) is 2.90. The molecule has 100 valence electrons. The summed E-state index contributed by atoms with van der Waals surface area (Å²) in [4.78, 5) is 4.19. The van der Waals surface area contributed by atoms with Crippen molar-refractivity contribution in [2.45, 2.75) is 52.6 Å². The maximum atomic E-state index is 4.19. The van der Waals surface area contributed by atoms with Crippen LogP contribution in [0.1, 0.15) is 45.7 Å². The highest BCUT2D eigenvalue weighted by Gasteiger charge is 2.58. The highest BCUT2D eigenvalue weighted by Crippen LogP contribution is 2.62. The lowest BCUT2D eigenvalue weighted by atomic mass is 9.68. The molecule has 2 saturated carbocycles. The van der Waals surface area contributed by atoms with Crippen LogP contribution in [-0.4, -0.2) is 15.6 Å². The molecule has 2 aliphatic carbocycles. The molecule has 3 atom stereocenters. The molecule has 0 aromatic carbocycles. The number of hydrogen-bond donors (Lipinski definition) is 1. The standard InChI is InChI=1S/C15H25N3/c1-14(2)11-5-6-15(3,7-11)13(14)17-9-12-8-16-10-18(12)4/h8,10-11,13,17H,5-7,9H2,1-4H3. The number of hydrogen-bond acceptors (Lipinski definition) is 2. The SMILES string of the molecule is Cn1cncc1CNC1C2(C)CCC(C2)C1(C)C. The first-order valence-corrected chi connectivity index (χ1v) is 7.12. The Morgan fingerprint density at radius 2 is 2.22 bits per heavy atom. The van der Waals surface area contributed by atoms with Gasteiger partial charge in [0, 0.05) is 25.8 Å². The van der Waals surface area contributed by atoms with E-state index < -0.39 is 0 Å². The van der Waals surface area contributed by atoms with Gasteiger partial charge in [-0.2, -0.15) is 0 Å². The van der Waals surface area contributed by atoms with Crippen molar-refractivity contribution < 1.29 is 0 Å². The zero-order valence-corrected chi connectivity index (χ0v) is 12.0. The topological polar surface area (TPSA) is 29.9 Å². The molecular formula is C15H25N3. The second kappa shape index (κ2) is 3.83. The molecule has 0 amide bonds. The van der Waals surface area contributed by atoms with Crippen molar-refractivity contribution in [2.24, 2.45) is 23.8 Å². The van der Waals surface area contributed by atoms with E-state index in [-0.39, 0.29) is 0 Å². The molecule has 1 aromatic heterocycles. The van der Waals surface area contributed by atoms with Crippen LogP contribution in [0.5, 0.6) is 0 Å².